The quantitative estimate of drug-likeness (QED) is 0.571. The number of nitrogens with zero attached hydrogens (tertiary/aromatic N) is 4. The average Bonchev–Trinajstić information content (AvgIpc) is 2.97. The molecule has 3 rings (SSSR count). The lowest BCUT2D eigenvalue weighted by Gasteiger charge is -2.21. The molecule has 2 aromatic heterocycles. The highest BCUT2D eigenvalue weighted by Crippen LogP contribution is 2.36. The summed E-state index contributed by atoms with van der Waals surface area (Å²) >= 11 is 12.3. The maximum atomic E-state index is 13.3. The van der Waals surface area contributed by atoms with Crippen LogP contribution in [0, 0.1) is 6.92 Å². The molecule has 2 heterocycles. The van der Waals surface area contributed by atoms with E-state index in [0.29, 0.717) is 41.0 Å². The Morgan fingerprint density at radius 2 is 2.04 bits per heavy atom. The lowest BCUT2D eigenvalue weighted by atomic mass is 10.2. The highest BCUT2D eigenvalue weighted by molar-refractivity contribution is 6.42. The van der Waals surface area contributed by atoms with E-state index in [-0.39, 0.29) is 10.9 Å². The van der Waals surface area contributed by atoms with Crippen molar-refractivity contribution in [2.45, 2.75) is 20.4 Å². The second-order valence-corrected chi connectivity index (χ2v) is 7.01. The van der Waals surface area contributed by atoms with Crippen LogP contribution >= 0.6 is 23.2 Å². The zero-order valence-electron chi connectivity index (χ0n) is 15.8. The molecule has 1 aromatic carbocycles. The Kier molecular flexibility index (Phi) is 6.21. The average molecular weight is 419 g/mol. The number of amides is 1. The predicted molar refractivity (Wildman–Crippen MR) is 109 cm³/mol. The van der Waals surface area contributed by atoms with Gasteiger partial charge in [0.1, 0.15) is 16.3 Å². The van der Waals surface area contributed by atoms with Gasteiger partial charge in [-0.05, 0) is 37.6 Å². The largest absolute Gasteiger partial charge is 0.437 e. The normalized spacial score (nSPS) is 10.8. The van der Waals surface area contributed by atoms with Gasteiger partial charge in [0.25, 0.3) is 5.91 Å². The number of aromatic nitrogens is 3. The highest BCUT2D eigenvalue weighted by Gasteiger charge is 2.27. The summed E-state index contributed by atoms with van der Waals surface area (Å²) in [5.74, 6) is 0.503. The molecular formula is C20H20Cl2N4O2. The lowest BCUT2D eigenvalue weighted by Crippen LogP contribution is -2.31. The van der Waals surface area contributed by atoms with Gasteiger partial charge in [-0.25, -0.2) is 4.68 Å². The number of carbonyl (C=O) groups excluding carboxylic acids is 1. The molecule has 0 radical (unpaired) electrons. The first-order chi connectivity index (χ1) is 13.4. The zero-order valence-corrected chi connectivity index (χ0v) is 17.3. The first kappa shape index (κ1) is 20.2. The van der Waals surface area contributed by atoms with Gasteiger partial charge < -0.3 is 9.64 Å². The fourth-order valence-corrected chi connectivity index (χ4v) is 3.20. The molecule has 0 aliphatic rings. The summed E-state index contributed by atoms with van der Waals surface area (Å²) in [4.78, 5) is 19.1. The third kappa shape index (κ3) is 4.13. The van der Waals surface area contributed by atoms with Crippen molar-refractivity contribution in [2.75, 3.05) is 6.54 Å². The molecule has 0 aliphatic heterocycles. The third-order valence-electron chi connectivity index (χ3n) is 4.27. The van der Waals surface area contributed by atoms with Crippen LogP contribution in [0.2, 0.25) is 10.0 Å². The van der Waals surface area contributed by atoms with Gasteiger partial charge in [0, 0.05) is 32.5 Å². The fraction of sp³-hybridized carbons (Fsp3) is 0.250. The molecule has 146 valence electrons. The summed E-state index contributed by atoms with van der Waals surface area (Å²) in [7, 11) is 1.72. The molecule has 0 saturated heterocycles. The summed E-state index contributed by atoms with van der Waals surface area (Å²) in [5.41, 5.74) is 1.91. The van der Waals surface area contributed by atoms with E-state index in [1.165, 1.54) is 4.68 Å². The summed E-state index contributed by atoms with van der Waals surface area (Å²) in [6.45, 7) is 4.67. The molecule has 8 heteroatoms. The number of rotatable bonds is 6. The Morgan fingerprint density at radius 3 is 2.71 bits per heavy atom. The van der Waals surface area contributed by atoms with E-state index in [1.807, 2.05) is 19.1 Å². The molecule has 6 nitrogen and oxygen atoms in total. The first-order valence-electron chi connectivity index (χ1n) is 8.76. The smallest absolute Gasteiger partial charge is 0.261 e. The van der Waals surface area contributed by atoms with Crippen LogP contribution in [0.4, 0.5) is 0 Å². The summed E-state index contributed by atoms with van der Waals surface area (Å²) < 4.78 is 7.49. The standard InChI is InChI=1S/C20H20Cl2N4O2/c1-4-26(12-14-7-6-10-23-11-14)19(27)17-13(2)24-25(3)20(17)28-16-9-5-8-15(21)18(16)22/h5-11H,4,12H2,1-3H3. The van der Waals surface area contributed by atoms with Crippen LogP contribution in [0.25, 0.3) is 0 Å². The minimum atomic E-state index is -0.176. The molecule has 0 N–H and O–H groups in total. The zero-order chi connectivity index (χ0) is 20.3. The van der Waals surface area contributed by atoms with E-state index in [4.69, 9.17) is 27.9 Å². The van der Waals surface area contributed by atoms with Gasteiger partial charge in [0.2, 0.25) is 5.88 Å². The number of carbonyl (C=O) groups is 1. The van der Waals surface area contributed by atoms with E-state index in [9.17, 15) is 4.79 Å². The predicted octanol–water partition coefficient (Wildman–Crippen LogP) is 4.88. The van der Waals surface area contributed by atoms with E-state index < -0.39 is 0 Å². The van der Waals surface area contributed by atoms with Crippen LogP contribution in [-0.2, 0) is 13.6 Å². The number of pyridine rings is 1. The van der Waals surface area contributed by atoms with E-state index >= 15 is 0 Å². The highest BCUT2D eigenvalue weighted by atomic mass is 35.5. The van der Waals surface area contributed by atoms with Crippen molar-refractivity contribution in [3.8, 4) is 11.6 Å². The van der Waals surface area contributed by atoms with Crippen molar-refractivity contribution in [3.05, 3.63) is 69.6 Å². The number of halogens is 2. The molecule has 28 heavy (non-hydrogen) atoms. The Balaban J connectivity index is 1.95. The van der Waals surface area contributed by atoms with Crippen LogP contribution in [-0.4, -0.2) is 32.1 Å². The fourth-order valence-electron chi connectivity index (χ4n) is 2.86. The Bertz CT molecular complexity index is 989. The minimum Gasteiger partial charge on any atom is -0.437 e. The number of aryl methyl sites for hydroxylation is 2. The van der Waals surface area contributed by atoms with Crippen molar-refractivity contribution in [2.24, 2.45) is 7.05 Å². The number of ether oxygens (including phenoxy) is 1. The number of hydrogen-bond acceptors (Lipinski definition) is 4. The van der Waals surface area contributed by atoms with Crippen molar-refractivity contribution in [1.29, 1.82) is 0 Å². The topological polar surface area (TPSA) is 60.2 Å². The molecule has 0 fully saturated rings. The number of benzene rings is 1. The van der Waals surface area contributed by atoms with Crippen LogP contribution < -0.4 is 4.74 Å². The van der Waals surface area contributed by atoms with Gasteiger partial charge in [-0.2, -0.15) is 5.10 Å². The van der Waals surface area contributed by atoms with Crippen LogP contribution in [0.15, 0.2) is 42.7 Å². The second kappa shape index (κ2) is 8.63. The monoisotopic (exact) mass is 418 g/mol. The molecule has 0 aliphatic carbocycles. The first-order valence-corrected chi connectivity index (χ1v) is 9.51. The van der Waals surface area contributed by atoms with Crippen LogP contribution in [0.3, 0.4) is 0 Å². The number of hydrogen-bond donors (Lipinski definition) is 0. The third-order valence-corrected chi connectivity index (χ3v) is 5.07. The van der Waals surface area contributed by atoms with Crippen LogP contribution in [0.5, 0.6) is 11.6 Å². The van der Waals surface area contributed by atoms with Crippen molar-refractivity contribution < 1.29 is 9.53 Å². The summed E-state index contributed by atoms with van der Waals surface area (Å²) in [6, 6.07) is 8.87. The van der Waals surface area contributed by atoms with Gasteiger partial charge in [0.15, 0.2) is 0 Å². The summed E-state index contributed by atoms with van der Waals surface area (Å²) in [5, 5.41) is 5.01. The Morgan fingerprint density at radius 1 is 1.25 bits per heavy atom. The van der Waals surface area contributed by atoms with E-state index in [1.54, 1.807) is 49.5 Å². The van der Waals surface area contributed by atoms with Crippen molar-refractivity contribution in [1.82, 2.24) is 19.7 Å². The maximum Gasteiger partial charge on any atom is 0.261 e. The molecule has 0 spiro atoms. The molecule has 0 bridgehead atoms. The second-order valence-electron chi connectivity index (χ2n) is 6.22. The van der Waals surface area contributed by atoms with E-state index in [0.717, 1.165) is 5.56 Å². The summed E-state index contributed by atoms with van der Waals surface area (Å²) in [6.07, 6.45) is 3.45. The molecular weight excluding hydrogens is 399 g/mol. The molecule has 3 aromatic rings. The molecule has 0 unspecified atom stereocenters. The molecule has 0 atom stereocenters. The maximum absolute atomic E-state index is 13.3. The van der Waals surface area contributed by atoms with E-state index in [2.05, 4.69) is 10.1 Å². The van der Waals surface area contributed by atoms with Gasteiger partial charge in [0.05, 0.1) is 10.7 Å². The van der Waals surface area contributed by atoms with Crippen molar-refractivity contribution >= 4 is 29.1 Å². The van der Waals surface area contributed by atoms with Gasteiger partial charge in [-0.15, -0.1) is 0 Å². The Hall–Kier alpha value is -2.57. The molecule has 0 saturated carbocycles. The Labute approximate surface area is 173 Å². The SMILES string of the molecule is CCN(Cc1cccnc1)C(=O)c1c(C)nn(C)c1Oc1cccc(Cl)c1Cl. The lowest BCUT2D eigenvalue weighted by molar-refractivity contribution is 0.0749. The van der Waals surface area contributed by atoms with Crippen molar-refractivity contribution in [3.63, 3.8) is 0 Å². The molecule has 1 amide bonds. The van der Waals surface area contributed by atoms with Gasteiger partial charge in [-0.3, -0.25) is 9.78 Å². The van der Waals surface area contributed by atoms with Gasteiger partial charge in [-0.1, -0.05) is 35.3 Å². The minimum absolute atomic E-state index is 0.176. The van der Waals surface area contributed by atoms with Gasteiger partial charge >= 0.3 is 0 Å². The van der Waals surface area contributed by atoms with Crippen LogP contribution in [0.1, 0.15) is 28.5 Å².